The number of aliphatic hydroxyl groups excluding tert-OH is 2. The molecule has 0 saturated carbocycles. The molecule has 0 aromatic heterocycles. The standard InChI is InChI=1S/C60H115NO5/c1-4-7-10-13-16-19-22-25-28-29-30-31-32-35-38-41-44-47-50-53-60(65)66-56(51-48-45-42-39-36-33-26-23-20-17-14-11-8-5-2)54-59(64)61-57(55-62)58(63)52-49-46-43-40-37-34-27-24-21-18-15-12-9-6-3/h16,19,25,28,56-58,62-63H,4-15,17-18,20-24,26-27,29-55H2,1-3H3,(H,61,64)/b19-16-,28-25-. The van der Waals surface area contributed by atoms with Crippen LogP contribution in [0.25, 0.3) is 0 Å². The van der Waals surface area contributed by atoms with E-state index in [1.165, 1.54) is 225 Å². The number of esters is 1. The van der Waals surface area contributed by atoms with Crippen molar-refractivity contribution in [1.29, 1.82) is 0 Å². The van der Waals surface area contributed by atoms with E-state index in [0.717, 1.165) is 51.4 Å². The Balaban J connectivity index is 4.49. The van der Waals surface area contributed by atoms with Gasteiger partial charge in [-0.1, -0.05) is 276 Å². The molecule has 0 aliphatic rings. The molecule has 0 bridgehead atoms. The van der Waals surface area contributed by atoms with Crippen LogP contribution in [-0.2, 0) is 14.3 Å². The van der Waals surface area contributed by atoms with Gasteiger partial charge in [0.2, 0.25) is 5.91 Å². The molecule has 0 radical (unpaired) electrons. The molecule has 6 heteroatoms. The first-order chi connectivity index (χ1) is 32.5. The topological polar surface area (TPSA) is 95.9 Å². The van der Waals surface area contributed by atoms with E-state index in [1.807, 2.05) is 0 Å². The first-order valence-corrected chi connectivity index (χ1v) is 29.6. The highest BCUT2D eigenvalue weighted by Crippen LogP contribution is 2.19. The number of ether oxygens (including phenoxy) is 1. The first-order valence-electron chi connectivity index (χ1n) is 29.6. The summed E-state index contributed by atoms with van der Waals surface area (Å²) in [6, 6.07) is -0.698. The van der Waals surface area contributed by atoms with Gasteiger partial charge >= 0.3 is 5.97 Å². The van der Waals surface area contributed by atoms with Crippen molar-refractivity contribution < 1.29 is 24.5 Å². The van der Waals surface area contributed by atoms with Crippen molar-refractivity contribution in [2.45, 2.75) is 341 Å². The molecule has 3 atom stereocenters. The highest BCUT2D eigenvalue weighted by molar-refractivity contribution is 5.77. The summed E-state index contributed by atoms with van der Waals surface area (Å²) in [6.07, 6.45) is 63.8. The lowest BCUT2D eigenvalue weighted by Gasteiger charge is -2.24. The van der Waals surface area contributed by atoms with Gasteiger partial charge in [0.1, 0.15) is 6.10 Å². The van der Waals surface area contributed by atoms with Crippen LogP contribution in [0.4, 0.5) is 0 Å². The highest BCUT2D eigenvalue weighted by Gasteiger charge is 2.24. The van der Waals surface area contributed by atoms with Crippen molar-refractivity contribution >= 4 is 11.9 Å². The number of unbranched alkanes of at least 4 members (excludes halogenated alkanes) is 38. The normalized spacial score (nSPS) is 13.2. The minimum absolute atomic E-state index is 0.0824. The summed E-state index contributed by atoms with van der Waals surface area (Å²) in [5.74, 6) is -0.457. The van der Waals surface area contributed by atoms with Gasteiger partial charge < -0.3 is 20.3 Å². The van der Waals surface area contributed by atoms with Gasteiger partial charge in [0.25, 0.3) is 0 Å². The van der Waals surface area contributed by atoms with E-state index in [2.05, 4.69) is 50.4 Å². The first kappa shape index (κ1) is 64.3. The van der Waals surface area contributed by atoms with E-state index in [1.54, 1.807) is 0 Å². The molecule has 0 heterocycles. The third-order valence-corrected chi connectivity index (χ3v) is 13.8. The molecule has 0 spiro atoms. The van der Waals surface area contributed by atoms with Crippen LogP contribution in [0.3, 0.4) is 0 Å². The van der Waals surface area contributed by atoms with Gasteiger partial charge in [0.05, 0.1) is 25.2 Å². The van der Waals surface area contributed by atoms with Gasteiger partial charge in [0, 0.05) is 6.42 Å². The predicted octanol–water partition coefficient (Wildman–Crippen LogP) is 18.2. The molecule has 0 saturated heterocycles. The Morgan fingerprint density at radius 1 is 0.439 bits per heavy atom. The van der Waals surface area contributed by atoms with Crippen LogP contribution in [0.15, 0.2) is 24.3 Å². The Kier molecular flexibility index (Phi) is 52.9. The lowest BCUT2D eigenvalue weighted by Crippen LogP contribution is -2.46. The minimum Gasteiger partial charge on any atom is -0.462 e. The number of carbonyl (C=O) groups is 2. The fourth-order valence-corrected chi connectivity index (χ4v) is 9.29. The van der Waals surface area contributed by atoms with Crippen molar-refractivity contribution in [2.75, 3.05) is 6.61 Å². The van der Waals surface area contributed by atoms with E-state index >= 15 is 0 Å². The Bertz CT molecular complexity index is 1040. The molecule has 1 amide bonds. The molecule has 6 nitrogen and oxygen atoms in total. The Hall–Kier alpha value is -1.66. The van der Waals surface area contributed by atoms with Crippen molar-refractivity contribution in [2.24, 2.45) is 0 Å². The second-order valence-electron chi connectivity index (χ2n) is 20.4. The zero-order chi connectivity index (χ0) is 48.1. The third-order valence-electron chi connectivity index (χ3n) is 13.8. The second-order valence-corrected chi connectivity index (χ2v) is 20.4. The van der Waals surface area contributed by atoms with Gasteiger partial charge in [-0.05, 0) is 57.8 Å². The van der Waals surface area contributed by atoms with E-state index in [9.17, 15) is 19.8 Å². The maximum Gasteiger partial charge on any atom is 0.306 e. The SMILES string of the molecule is CCCCC/C=C\C/C=C\CCCCCCCCCCCC(=O)OC(CCCCCCCCCCCCCCCC)CC(=O)NC(CO)C(O)CCCCCCCCCCCCCCCC. The van der Waals surface area contributed by atoms with Crippen LogP contribution in [0.2, 0.25) is 0 Å². The molecular weight excluding hydrogens is 815 g/mol. The summed E-state index contributed by atoms with van der Waals surface area (Å²) in [7, 11) is 0. The number of hydrogen-bond donors (Lipinski definition) is 3. The number of hydrogen-bond acceptors (Lipinski definition) is 5. The van der Waals surface area contributed by atoms with Crippen LogP contribution in [0.5, 0.6) is 0 Å². The lowest BCUT2D eigenvalue weighted by molar-refractivity contribution is -0.151. The molecule has 3 N–H and O–H groups in total. The van der Waals surface area contributed by atoms with Crippen LogP contribution in [0, 0.1) is 0 Å². The van der Waals surface area contributed by atoms with Gasteiger partial charge in [0.15, 0.2) is 0 Å². The van der Waals surface area contributed by atoms with E-state index in [0.29, 0.717) is 19.3 Å². The monoisotopic (exact) mass is 930 g/mol. The molecule has 0 aromatic carbocycles. The summed E-state index contributed by atoms with van der Waals surface area (Å²) in [5, 5.41) is 23.9. The maximum atomic E-state index is 13.3. The van der Waals surface area contributed by atoms with Crippen LogP contribution in [0.1, 0.15) is 323 Å². The molecule has 390 valence electrons. The number of allylic oxidation sites excluding steroid dienone is 4. The molecule has 0 fully saturated rings. The van der Waals surface area contributed by atoms with Crippen molar-refractivity contribution in [3.63, 3.8) is 0 Å². The molecule has 0 aromatic rings. The number of rotatable bonds is 54. The summed E-state index contributed by atoms with van der Waals surface area (Å²) in [4.78, 5) is 26.3. The van der Waals surface area contributed by atoms with Gasteiger partial charge in [-0.2, -0.15) is 0 Å². The fourth-order valence-electron chi connectivity index (χ4n) is 9.29. The van der Waals surface area contributed by atoms with Crippen molar-refractivity contribution in [3.8, 4) is 0 Å². The van der Waals surface area contributed by atoms with Crippen LogP contribution in [-0.4, -0.2) is 46.9 Å². The zero-order valence-electron chi connectivity index (χ0n) is 44.6. The van der Waals surface area contributed by atoms with Gasteiger partial charge in [-0.15, -0.1) is 0 Å². The third kappa shape index (κ3) is 48.8. The van der Waals surface area contributed by atoms with Gasteiger partial charge in [-0.25, -0.2) is 0 Å². The molecule has 0 aliphatic carbocycles. The molecule has 0 rings (SSSR count). The summed E-state index contributed by atoms with van der Waals surface area (Å²) in [6.45, 7) is 6.50. The quantitative estimate of drug-likeness (QED) is 0.0321. The Morgan fingerprint density at radius 2 is 0.773 bits per heavy atom. The van der Waals surface area contributed by atoms with Crippen LogP contribution >= 0.6 is 0 Å². The molecule has 3 unspecified atom stereocenters. The zero-order valence-corrected chi connectivity index (χ0v) is 44.6. The number of aliphatic hydroxyl groups is 2. The van der Waals surface area contributed by atoms with Crippen molar-refractivity contribution in [1.82, 2.24) is 5.32 Å². The minimum atomic E-state index is -0.784. The largest absolute Gasteiger partial charge is 0.462 e. The van der Waals surface area contributed by atoms with E-state index < -0.39 is 18.2 Å². The summed E-state index contributed by atoms with van der Waals surface area (Å²) >= 11 is 0. The highest BCUT2D eigenvalue weighted by atomic mass is 16.5. The summed E-state index contributed by atoms with van der Waals surface area (Å²) in [5.41, 5.74) is 0. The van der Waals surface area contributed by atoms with Gasteiger partial charge in [-0.3, -0.25) is 9.59 Å². The fraction of sp³-hybridized carbons (Fsp3) is 0.900. The Morgan fingerprint density at radius 3 is 1.18 bits per heavy atom. The van der Waals surface area contributed by atoms with E-state index in [-0.39, 0.29) is 24.9 Å². The lowest BCUT2D eigenvalue weighted by atomic mass is 10.0. The second kappa shape index (κ2) is 54.3. The average Bonchev–Trinajstić information content (AvgIpc) is 3.31. The molecule has 0 aliphatic heterocycles. The number of amides is 1. The molecular formula is C60H115NO5. The smallest absolute Gasteiger partial charge is 0.306 e. The number of nitrogens with one attached hydrogen (secondary N) is 1. The van der Waals surface area contributed by atoms with Crippen molar-refractivity contribution in [3.05, 3.63) is 24.3 Å². The predicted molar refractivity (Wildman–Crippen MR) is 287 cm³/mol. The maximum absolute atomic E-state index is 13.3. The molecule has 66 heavy (non-hydrogen) atoms. The average molecular weight is 931 g/mol. The number of carbonyl (C=O) groups excluding carboxylic acids is 2. The van der Waals surface area contributed by atoms with Crippen LogP contribution < -0.4 is 5.32 Å². The Labute approximate surface area is 411 Å². The summed E-state index contributed by atoms with van der Waals surface area (Å²) < 4.78 is 5.97. The van der Waals surface area contributed by atoms with E-state index in [4.69, 9.17) is 4.74 Å².